The van der Waals surface area contributed by atoms with E-state index in [2.05, 4.69) is 5.32 Å². The van der Waals surface area contributed by atoms with Crippen LogP contribution in [0.2, 0.25) is 0 Å². The highest BCUT2D eigenvalue weighted by Gasteiger charge is 2.27. The second-order valence-corrected chi connectivity index (χ2v) is 8.45. The number of hydrogen-bond donors (Lipinski definition) is 1. The van der Waals surface area contributed by atoms with E-state index in [0.717, 1.165) is 5.56 Å². The maximum absolute atomic E-state index is 12.4. The Labute approximate surface area is 149 Å². The summed E-state index contributed by atoms with van der Waals surface area (Å²) in [6.07, 6.45) is 1.08. The van der Waals surface area contributed by atoms with E-state index in [1.54, 1.807) is 25.2 Å². The summed E-state index contributed by atoms with van der Waals surface area (Å²) in [5, 5.41) is 2.87. The summed E-state index contributed by atoms with van der Waals surface area (Å²) in [5.41, 5.74) is 0.968. The van der Waals surface area contributed by atoms with Crippen LogP contribution in [-0.2, 0) is 16.3 Å². The van der Waals surface area contributed by atoms with Crippen molar-refractivity contribution >= 4 is 15.9 Å². The first-order valence-electron chi connectivity index (χ1n) is 8.32. The molecule has 1 saturated heterocycles. The molecule has 0 spiro atoms. The molecule has 8 heteroatoms. The molecule has 140 valence electrons. The van der Waals surface area contributed by atoms with E-state index in [9.17, 15) is 13.2 Å². The molecule has 0 radical (unpaired) electrons. The summed E-state index contributed by atoms with van der Waals surface area (Å²) in [6, 6.07) is 5.25. The Morgan fingerprint density at radius 1 is 1.28 bits per heavy atom. The number of benzene rings is 1. The van der Waals surface area contributed by atoms with Crippen LogP contribution in [0.5, 0.6) is 11.5 Å². The van der Waals surface area contributed by atoms with Crippen LogP contribution in [0.4, 0.5) is 4.79 Å². The molecule has 0 saturated carbocycles. The van der Waals surface area contributed by atoms with Gasteiger partial charge in [0.05, 0.1) is 25.7 Å². The highest BCUT2D eigenvalue weighted by atomic mass is 32.2. The number of urea groups is 1. The topological polar surface area (TPSA) is 84.9 Å². The summed E-state index contributed by atoms with van der Waals surface area (Å²) in [7, 11) is 0.140. The fraction of sp³-hybridized carbons (Fsp3) is 0.588. The highest BCUT2D eigenvalue weighted by Crippen LogP contribution is 2.24. The Balaban J connectivity index is 1.92. The van der Waals surface area contributed by atoms with Crippen LogP contribution in [0.25, 0.3) is 0 Å². The number of nitrogens with zero attached hydrogens (tertiary/aromatic N) is 1. The van der Waals surface area contributed by atoms with Gasteiger partial charge in [-0.25, -0.2) is 13.2 Å². The lowest BCUT2D eigenvalue weighted by atomic mass is 10.1. The molecule has 1 aliphatic rings. The predicted molar refractivity (Wildman–Crippen MR) is 96.1 cm³/mol. The van der Waals surface area contributed by atoms with Gasteiger partial charge in [0, 0.05) is 25.2 Å². The number of carbonyl (C=O) groups excluding carboxylic acids is 1. The van der Waals surface area contributed by atoms with Gasteiger partial charge in [-0.15, -0.1) is 0 Å². The number of amides is 2. The molecule has 0 bridgehead atoms. The minimum Gasteiger partial charge on any atom is -0.497 e. The largest absolute Gasteiger partial charge is 0.497 e. The van der Waals surface area contributed by atoms with Gasteiger partial charge in [0.2, 0.25) is 0 Å². The molecule has 1 fully saturated rings. The van der Waals surface area contributed by atoms with Crippen molar-refractivity contribution in [2.75, 3.05) is 38.8 Å². The minimum atomic E-state index is -3.05. The molecule has 1 N–H and O–H groups in total. The Hall–Kier alpha value is -1.96. The number of carbonyl (C=O) groups is 1. The van der Waals surface area contributed by atoms with Crippen LogP contribution in [-0.4, -0.2) is 64.2 Å². The Morgan fingerprint density at radius 3 is 2.72 bits per heavy atom. The number of rotatable bonds is 5. The molecule has 1 aromatic rings. The van der Waals surface area contributed by atoms with E-state index in [1.165, 1.54) is 0 Å². The van der Waals surface area contributed by atoms with Crippen molar-refractivity contribution in [1.29, 1.82) is 0 Å². The lowest BCUT2D eigenvalue weighted by Crippen LogP contribution is -2.46. The van der Waals surface area contributed by atoms with E-state index < -0.39 is 9.84 Å². The molecule has 1 unspecified atom stereocenters. The third kappa shape index (κ3) is 5.26. The molecule has 1 aliphatic heterocycles. The van der Waals surface area contributed by atoms with Crippen LogP contribution < -0.4 is 14.8 Å². The van der Waals surface area contributed by atoms with Crippen molar-refractivity contribution in [3.05, 3.63) is 23.8 Å². The molecule has 2 amide bonds. The van der Waals surface area contributed by atoms with Gasteiger partial charge in [-0.3, -0.25) is 0 Å². The number of sulfone groups is 1. The molecule has 1 heterocycles. The Bertz CT molecular complexity index is 705. The van der Waals surface area contributed by atoms with Crippen molar-refractivity contribution < 1.29 is 22.7 Å². The first-order valence-corrected chi connectivity index (χ1v) is 10.1. The van der Waals surface area contributed by atoms with Crippen molar-refractivity contribution in [2.24, 2.45) is 0 Å². The number of ether oxygens (including phenoxy) is 2. The van der Waals surface area contributed by atoms with Gasteiger partial charge in [0.15, 0.2) is 9.84 Å². The zero-order chi connectivity index (χ0) is 18.4. The average Bonchev–Trinajstić information content (AvgIpc) is 2.73. The molecule has 0 aromatic heterocycles. The second-order valence-electron chi connectivity index (χ2n) is 6.14. The van der Waals surface area contributed by atoms with Crippen molar-refractivity contribution in [3.63, 3.8) is 0 Å². The second kappa shape index (κ2) is 8.42. The van der Waals surface area contributed by atoms with E-state index in [-0.39, 0.29) is 30.1 Å². The molecule has 1 atom stereocenters. The maximum Gasteiger partial charge on any atom is 0.317 e. The number of nitrogens with one attached hydrogen (secondary N) is 1. The van der Waals surface area contributed by atoms with Gasteiger partial charge < -0.3 is 19.7 Å². The van der Waals surface area contributed by atoms with Crippen LogP contribution >= 0.6 is 0 Å². The summed E-state index contributed by atoms with van der Waals surface area (Å²) in [6.45, 7) is 2.56. The fourth-order valence-electron chi connectivity index (χ4n) is 2.83. The normalized spacial score (nSPS) is 19.8. The lowest BCUT2D eigenvalue weighted by Gasteiger charge is -2.26. The van der Waals surface area contributed by atoms with Gasteiger partial charge in [-0.05, 0) is 31.4 Å². The first-order chi connectivity index (χ1) is 11.9. The molecule has 0 aliphatic carbocycles. The molecule has 25 heavy (non-hydrogen) atoms. The first kappa shape index (κ1) is 19.4. The van der Waals surface area contributed by atoms with Crippen molar-refractivity contribution in [2.45, 2.75) is 25.8 Å². The highest BCUT2D eigenvalue weighted by molar-refractivity contribution is 7.91. The zero-order valence-electron chi connectivity index (χ0n) is 14.9. The monoisotopic (exact) mass is 370 g/mol. The number of methoxy groups -OCH3 is 2. The quantitative estimate of drug-likeness (QED) is 0.848. The van der Waals surface area contributed by atoms with Gasteiger partial charge in [-0.1, -0.05) is 6.07 Å². The molecule has 1 aromatic carbocycles. The van der Waals surface area contributed by atoms with Gasteiger partial charge in [-0.2, -0.15) is 0 Å². The Morgan fingerprint density at radius 2 is 2.04 bits per heavy atom. The fourth-order valence-corrected chi connectivity index (χ4v) is 4.21. The molecular formula is C17H26N2O5S. The predicted octanol–water partition coefficient (Wildman–Crippen LogP) is 1.46. The smallest absolute Gasteiger partial charge is 0.317 e. The van der Waals surface area contributed by atoms with Crippen LogP contribution in [0.15, 0.2) is 18.2 Å². The Kier molecular flexibility index (Phi) is 6.52. The average molecular weight is 370 g/mol. The summed E-state index contributed by atoms with van der Waals surface area (Å²) in [5.74, 6) is 1.59. The van der Waals surface area contributed by atoms with Crippen LogP contribution in [0.1, 0.15) is 18.9 Å². The molecular weight excluding hydrogens is 344 g/mol. The summed E-state index contributed by atoms with van der Waals surface area (Å²) >= 11 is 0. The minimum absolute atomic E-state index is 0.0249. The summed E-state index contributed by atoms with van der Waals surface area (Å²) in [4.78, 5) is 14.0. The van der Waals surface area contributed by atoms with E-state index in [0.29, 0.717) is 30.9 Å². The van der Waals surface area contributed by atoms with E-state index >= 15 is 0 Å². The maximum atomic E-state index is 12.4. The lowest BCUT2D eigenvalue weighted by molar-refractivity contribution is 0.183. The molecule has 7 nitrogen and oxygen atoms in total. The third-order valence-corrected chi connectivity index (χ3v) is 6.11. The van der Waals surface area contributed by atoms with Crippen LogP contribution in [0, 0.1) is 0 Å². The van der Waals surface area contributed by atoms with Crippen molar-refractivity contribution in [1.82, 2.24) is 10.2 Å². The SMILES string of the molecule is COc1ccc(CCNC(=O)N2CCS(=O)(=O)CCC2C)c(OC)c1. The van der Waals surface area contributed by atoms with Gasteiger partial charge >= 0.3 is 6.03 Å². The van der Waals surface area contributed by atoms with E-state index in [1.807, 2.05) is 19.1 Å². The van der Waals surface area contributed by atoms with Crippen molar-refractivity contribution in [3.8, 4) is 11.5 Å². The summed E-state index contributed by atoms with van der Waals surface area (Å²) < 4.78 is 34.0. The van der Waals surface area contributed by atoms with Crippen LogP contribution in [0.3, 0.4) is 0 Å². The standard InChI is InChI=1S/C17H26N2O5S/c1-13-7-10-25(21,22)11-9-19(13)17(20)18-8-6-14-4-5-15(23-2)12-16(14)24-3/h4-5,12-13H,6-11H2,1-3H3,(H,18,20). The van der Waals surface area contributed by atoms with E-state index in [4.69, 9.17) is 9.47 Å². The molecule has 2 rings (SSSR count). The van der Waals surface area contributed by atoms with Gasteiger partial charge in [0.25, 0.3) is 0 Å². The number of hydrogen-bond acceptors (Lipinski definition) is 5. The third-order valence-electron chi connectivity index (χ3n) is 4.45. The van der Waals surface area contributed by atoms with Gasteiger partial charge in [0.1, 0.15) is 11.5 Å². The zero-order valence-corrected chi connectivity index (χ0v) is 15.8.